The summed E-state index contributed by atoms with van der Waals surface area (Å²) in [7, 11) is 0. The number of nitrogens with two attached hydrogens (primary N) is 1. The third-order valence-corrected chi connectivity index (χ3v) is 4.39. The van der Waals surface area contributed by atoms with Crippen molar-refractivity contribution in [2.75, 3.05) is 23.7 Å². The molecular formula is C17H19F3N4. The van der Waals surface area contributed by atoms with E-state index in [9.17, 15) is 13.2 Å². The Morgan fingerprint density at radius 3 is 2.33 bits per heavy atom. The Bertz CT molecular complexity index is 705. The molecule has 0 radical (unpaired) electrons. The standard InChI is InChI=1S/C17H19F3N4/c1-11-6-8-24(9-7-11)15-14(10-22-16(21)23-15)12-2-4-13(5-3-12)17(18,19)20/h2-5,10-11H,6-9H2,1H3,(H2,21,22,23). The first kappa shape index (κ1) is 16.5. The molecule has 7 heteroatoms. The second-order valence-corrected chi connectivity index (χ2v) is 6.21. The van der Waals surface area contributed by atoms with Crippen molar-refractivity contribution in [1.29, 1.82) is 0 Å². The molecule has 0 aliphatic carbocycles. The molecule has 0 atom stereocenters. The summed E-state index contributed by atoms with van der Waals surface area (Å²) in [5, 5.41) is 0. The molecule has 0 saturated carbocycles. The van der Waals surface area contributed by atoms with Gasteiger partial charge in [0.25, 0.3) is 0 Å². The van der Waals surface area contributed by atoms with Crippen LogP contribution in [0.5, 0.6) is 0 Å². The van der Waals surface area contributed by atoms with Gasteiger partial charge in [-0.25, -0.2) is 4.98 Å². The molecule has 1 aliphatic heterocycles. The molecule has 2 heterocycles. The van der Waals surface area contributed by atoms with E-state index in [0.717, 1.165) is 38.1 Å². The first-order valence-electron chi connectivity index (χ1n) is 7.89. The van der Waals surface area contributed by atoms with Gasteiger partial charge in [0, 0.05) is 24.8 Å². The highest BCUT2D eigenvalue weighted by Gasteiger charge is 2.30. The number of hydrogen-bond acceptors (Lipinski definition) is 4. The number of hydrogen-bond donors (Lipinski definition) is 1. The summed E-state index contributed by atoms with van der Waals surface area (Å²) in [5.41, 5.74) is 6.40. The van der Waals surface area contributed by atoms with E-state index in [4.69, 9.17) is 5.73 Å². The molecule has 128 valence electrons. The lowest BCUT2D eigenvalue weighted by molar-refractivity contribution is -0.137. The summed E-state index contributed by atoms with van der Waals surface area (Å²) in [6.45, 7) is 3.92. The number of benzene rings is 1. The van der Waals surface area contributed by atoms with E-state index in [1.54, 1.807) is 6.20 Å². The molecule has 2 N–H and O–H groups in total. The summed E-state index contributed by atoms with van der Waals surface area (Å²) in [5.74, 6) is 1.52. The number of nitrogens with zero attached hydrogens (tertiary/aromatic N) is 3. The minimum absolute atomic E-state index is 0.166. The third kappa shape index (κ3) is 3.44. The number of rotatable bonds is 2. The van der Waals surface area contributed by atoms with Crippen molar-refractivity contribution >= 4 is 11.8 Å². The van der Waals surface area contributed by atoms with E-state index in [2.05, 4.69) is 21.8 Å². The summed E-state index contributed by atoms with van der Waals surface area (Å²) >= 11 is 0. The minimum Gasteiger partial charge on any atom is -0.368 e. The Balaban J connectivity index is 1.96. The zero-order chi connectivity index (χ0) is 17.3. The molecular weight excluding hydrogens is 317 g/mol. The number of aromatic nitrogens is 2. The highest BCUT2D eigenvalue weighted by Crippen LogP contribution is 2.34. The van der Waals surface area contributed by atoms with Gasteiger partial charge in [0.1, 0.15) is 5.82 Å². The fraction of sp³-hybridized carbons (Fsp3) is 0.412. The molecule has 1 fully saturated rings. The fourth-order valence-electron chi connectivity index (χ4n) is 2.89. The fourth-order valence-corrected chi connectivity index (χ4v) is 2.89. The smallest absolute Gasteiger partial charge is 0.368 e. The van der Waals surface area contributed by atoms with Gasteiger partial charge in [-0.1, -0.05) is 19.1 Å². The largest absolute Gasteiger partial charge is 0.416 e. The normalized spacial score (nSPS) is 16.4. The lowest BCUT2D eigenvalue weighted by Gasteiger charge is -2.32. The minimum atomic E-state index is -4.35. The second kappa shape index (κ2) is 6.30. The second-order valence-electron chi connectivity index (χ2n) is 6.21. The molecule has 1 aromatic carbocycles. The Labute approximate surface area is 138 Å². The lowest BCUT2D eigenvalue weighted by atomic mass is 9.98. The molecule has 24 heavy (non-hydrogen) atoms. The first-order chi connectivity index (χ1) is 11.3. The zero-order valence-corrected chi connectivity index (χ0v) is 13.3. The quantitative estimate of drug-likeness (QED) is 0.901. The van der Waals surface area contributed by atoms with Crippen LogP contribution in [0, 0.1) is 5.92 Å². The van der Waals surface area contributed by atoms with Gasteiger partial charge in [-0.3, -0.25) is 0 Å². The number of piperidine rings is 1. The number of alkyl halides is 3. The monoisotopic (exact) mass is 336 g/mol. The zero-order valence-electron chi connectivity index (χ0n) is 13.3. The van der Waals surface area contributed by atoms with Crippen molar-refractivity contribution in [2.45, 2.75) is 25.9 Å². The molecule has 0 amide bonds. The van der Waals surface area contributed by atoms with Crippen molar-refractivity contribution in [3.05, 3.63) is 36.0 Å². The summed E-state index contributed by atoms with van der Waals surface area (Å²) in [6.07, 6.45) is -0.660. The van der Waals surface area contributed by atoms with E-state index in [0.29, 0.717) is 22.9 Å². The summed E-state index contributed by atoms with van der Waals surface area (Å²) in [6, 6.07) is 5.06. The van der Waals surface area contributed by atoms with Crippen LogP contribution in [0.3, 0.4) is 0 Å². The predicted molar refractivity (Wildman–Crippen MR) is 87.5 cm³/mol. The van der Waals surface area contributed by atoms with Crippen LogP contribution in [-0.4, -0.2) is 23.1 Å². The average molecular weight is 336 g/mol. The maximum atomic E-state index is 12.7. The van der Waals surface area contributed by atoms with Crippen LogP contribution in [0.4, 0.5) is 24.9 Å². The molecule has 0 spiro atoms. The van der Waals surface area contributed by atoms with Crippen molar-refractivity contribution in [3.8, 4) is 11.1 Å². The van der Waals surface area contributed by atoms with Gasteiger partial charge in [0.15, 0.2) is 0 Å². The number of halogens is 3. The third-order valence-electron chi connectivity index (χ3n) is 4.39. The average Bonchev–Trinajstić information content (AvgIpc) is 2.55. The Morgan fingerprint density at radius 2 is 1.75 bits per heavy atom. The molecule has 3 rings (SSSR count). The van der Waals surface area contributed by atoms with Crippen LogP contribution in [0.25, 0.3) is 11.1 Å². The molecule has 2 aromatic rings. The van der Waals surface area contributed by atoms with Gasteiger partial charge in [-0.15, -0.1) is 0 Å². The Hall–Kier alpha value is -2.31. The van der Waals surface area contributed by atoms with Crippen molar-refractivity contribution in [1.82, 2.24) is 9.97 Å². The van der Waals surface area contributed by atoms with Gasteiger partial charge in [-0.05, 0) is 36.5 Å². The van der Waals surface area contributed by atoms with E-state index in [1.807, 2.05) is 0 Å². The number of anilines is 2. The highest BCUT2D eigenvalue weighted by molar-refractivity contribution is 5.76. The van der Waals surface area contributed by atoms with Crippen molar-refractivity contribution in [2.24, 2.45) is 5.92 Å². The van der Waals surface area contributed by atoms with Crippen molar-refractivity contribution < 1.29 is 13.2 Å². The SMILES string of the molecule is CC1CCN(c2nc(N)ncc2-c2ccc(C(F)(F)F)cc2)CC1. The van der Waals surface area contributed by atoms with Crippen LogP contribution in [0.1, 0.15) is 25.3 Å². The molecule has 4 nitrogen and oxygen atoms in total. The summed E-state index contributed by atoms with van der Waals surface area (Å²) in [4.78, 5) is 10.5. The van der Waals surface area contributed by atoms with Crippen LogP contribution < -0.4 is 10.6 Å². The van der Waals surface area contributed by atoms with Gasteiger partial charge >= 0.3 is 6.18 Å². The molecule has 0 unspecified atom stereocenters. The number of nitrogen functional groups attached to an aromatic ring is 1. The Morgan fingerprint density at radius 1 is 1.12 bits per heavy atom. The van der Waals surface area contributed by atoms with Crippen LogP contribution in [0.15, 0.2) is 30.5 Å². The van der Waals surface area contributed by atoms with E-state index in [-0.39, 0.29) is 5.95 Å². The maximum Gasteiger partial charge on any atom is 0.416 e. The van der Waals surface area contributed by atoms with E-state index < -0.39 is 11.7 Å². The topological polar surface area (TPSA) is 55.0 Å². The maximum absolute atomic E-state index is 12.7. The molecule has 0 bridgehead atoms. The van der Waals surface area contributed by atoms with E-state index >= 15 is 0 Å². The highest BCUT2D eigenvalue weighted by atomic mass is 19.4. The van der Waals surface area contributed by atoms with Crippen LogP contribution >= 0.6 is 0 Å². The summed E-state index contributed by atoms with van der Waals surface area (Å²) < 4.78 is 38.2. The van der Waals surface area contributed by atoms with Crippen LogP contribution in [0.2, 0.25) is 0 Å². The van der Waals surface area contributed by atoms with Gasteiger partial charge in [0.2, 0.25) is 5.95 Å². The predicted octanol–water partition coefficient (Wildman–Crippen LogP) is 3.98. The van der Waals surface area contributed by atoms with Gasteiger partial charge < -0.3 is 10.6 Å². The van der Waals surface area contributed by atoms with Gasteiger partial charge in [0.05, 0.1) is 5.56 Å². The Kier molecular flexibility index (Phi) is 4.34. The van der Waals surface area contributed by atoms with Crippen molar-refractivity contribution in [3.63, 3.8) is 0 Å². The first-order valence-corrected chi connectivity index (χ1v) is 7.89. The molecule has 1 aromatic heterocycles. The van der Waals surface area contributed by atoms with E-state index in [1.165, 1.54) is 12.1 Å². The lowest BCUT2D eigenvalue weighted by Crippen LogP contribution is -2.34. The molecule has 1 saturated heterocycles. The molecule has 1 aliphatic rings. The van der Waals surface area contributed by atoms with Crippen LogP contribution in [-0.2, 0) is 6.18 Å². The van der Waals surface area contributed by atoms with Gasteiger partial charge in [-0.2, -0.15) is 18.2 Å².